The first-order valence-electron chi connectivity index (χ1n) is 8.64. The Morgan fingerprint density at radius 2 is 1.87 bits per heavy atom. The zero-order valence-corrected chi connectivity index (χ0v) is 15.0. The van der Waals surface area contributed by atoms with Crippen molar-refractivity contribution in [2.75, 3.05) is 0 Å². The van der Waals surface area contributed by atoms with Gasteiger partial charge < -0.3 is 11.1 Å². The number of halogens is 1. The molecule has 1 aromatic carbocycles. The lowest BCUT2D eigenvalue weighted by atomic mass is 9.65. The van der Waals surface area contributed by atoms with E-state index in [1.807, 2.05) is 0 Å². The van der Waals surface area contributed by atoms with E-state index in [4.69, 9.17) is 5.73 Å². The largest absolute Gasteiger partial charge is 0.352 e. The van der Waals surface area contributed by atoms with Crippen molar-refractivity contribution in [1.82, 2.24) is 5.32 Å². The molecule has 0 heterocycles. The number of rotatable bonds is 3. The van der Waals surface area contributed by atoms with Crippen molar-refractivity contribution in [1.29, 1.82) is 0 Å². The minimum atomic E-state index is 0. The minimum Gasteiger partial charge on any atom is -0.352 e. The van der Waals surface area contributed by atoms with Crippen molar-refractivity contribution >= 4 is 18.3 Å². The number of aryl methyl sites for hydroxylation is 2. The van der Waals surface area contributed by atoms with Crippen molar-refractivity contribution in [2.24, 2.45) is 23.5 Å². The van der Waals surface area contributed by atoms with E-state index < -0.39 is 0 Å². The molecular formula is C19H29ClN2O. The van der Waals surface area contributed by atoms with Crippen LogP contribution in [-0.2, 0) is 11.3 Å². The molecule has 2 aliphatic rings. The van der Waals surface area contributed by atoms with E-state index in [1.165, 1.54) is 36.0 Å². The molecule has 2 unspecified atom stereocenters. The Kier molecular flexibility index (Phi) is 6.10. The number of carbonyl (C=O) groups excluding carboxylic acids is 1. The van der Waals surface area contributed by atoms with Gasteiger partial charge >= 0.3 is 0 Å². The molecule has 1 aromatic rings. The normalized spacial score (nSPS) is 29.5. The van der Waals surface area contributed by atoms with Crippen molar-refractivity contribution in [3.63, 3.8) is 0 Å². The first-order chi connectivity index (χ1) is 10.5. The van der Waals surface area contributed by atoms with Crippen LogP contribution < -0.4 is 11.1 Å². The van der Waals surface area contributed by atoms with Crippen LogP contribution in [0.4, 0.5) is 0 Å². The molecule has 3 N–H and O–H groups in total. The maximum Gasteiger partial charge on any atom is 0.223 e. The van der Waals surface area contributed by atoms with Crippen LogP contribution in [0.5, 0.6) is 0 Å². The summed E-state index contributed by atoms with van der Waals surface area (Å²) in [4.78, 5) is 12.5. The standard InChI is InChI=1S/C19H28N2O.ClH/c1-12-6-7-16(13(2)8-12)11-21-19(22)17-9-14-4-3-5-15(10-17)18(14)20;/h6-8,14-15,17-18H,3-5,9-11,20H2,1-2H3,(H,21,22);1H. The number of hydrogen-bond acceptors (Lipinski definition) is 2. The average molecular weight is 337 g/mol. The van der Waals surface area contributed by atoms with Gasteiger partial charge in [-0.25, -0.2) is 0 Å². The topological polar surface area (TPSA) is 55.1 Å². The van der Waals surface area contributed by atoms with Crippen molar-refractivity contribution in [3.8, 4) is 0 Å². The van der Waals surface area contributed by atoms with Gasteiger partial charge in [0.25, 0.3) is 0 Å². The Labute approximate surface area is 145 Å². The maximum absolute atomic E-state index is 12.5. The van der Waals surface area contributed by atoms with Crippen molar-refractivity contribution in [2.45, 2.75) is 58.5 Å². The summed E-state index contributed by atoms with van der Waals surface area (Å²) in [5.41, 5.74) is 10.0. The first kappa shape index (κ1) is 18.3. The monoisotopic (exact) mass is 336 g/mol. The zero-order chi connectivity index (χ0) is 15.7. The Morgan fingerprint density at radius 3 is 2.48 bits per heavy atom. The lowest BCUT2D eigenvalue weighted by molar-refractivity contribution is -0.128. The van der Waals surface area contributed by atoms with E-state index in [1.54, 1.807) is 0 Å². The van der Waals surface area contributed by atoms with Crippen LogP contribution in [0.15, 0.2) is 18.2 Å². The molecule has 0 aromatic heterocycles. The fourth-order valence-corrected chi connectivity index (χ4v) is 4.37. The van der Waals surface area contributed by atoms with Gasteiger partial charge in [-0.05, 0) is 62.5 Å². The zero-order valence-electron chi connectivity index (χ0n) is 14.2. The predicted octanol–water partition coefficient (Wildman–Crippen LogP) is 3.50. The molecule has 2 bridgehead atoms. The summed E-state index contributed by atoms with van der Waals surface area (Å²) in [6.07, 6.45) is 5.67. The second-order valence-electron chi connectivity index (χ2n) is 7.34. The molecule has 3 nitrogen and oxygen atoms in total. The molecule has 0 spiro atoms. The first-order valence-corrected chi connectivity index (χ1v) is 8.64. The molecule has 0 radical (unpaired) electrons. The molecular weight excluding hydrogens is 308 g/mol. The number of carbonyl (C=O) groups is 1. The van der Waals surface area contributed by atoms with E-state index >= 15 is 0 Å². The predicted molar refractivity (Wildman–Crippen MR) is 96.5 cm³/mol. The summed E-state index contributed by atoms with van der Waals surface area (Å²) in [6.45, 7) is 4.85. The number of amides is 1. The molecule has 2 saturated carbocycles. The van der Waals surface area contributed by atoms with Crippen LogP contribution in [0.3, 0.4) is 0 Å². The van der Waals surface area contributed by atoms with E-state index in [2.05, 4.69) is 37.4 Å². The van der Waals surface area contributed by atoms with Crippen LogP contribution >= 0.6 is 12.4 Å². The Bertz CT molecular complexity index is 546. The van der Waals surface area contributed by atoms with Crippen LogP contribution in [-0.4, -0.2) is 11.9 Å². The summed E-state index contributed by atoms with van der Waals surface area (Å²) in [7, 11) is 0. The number of hydrogen-bond donors (Lipinski definition) is 2. The van der Waals surface area contributed by atoms with Gasteiger partial charge in [0.1, 0.15) is 0 Å². The molecule has 1 amide bonds. The summed E-state index contributed by atoms with van der Waals surface area (Å²) in [6, 6.07) is 6.73. The van der Waals surface area contributed by atoms with Crippen LogP contribution in [0.25, 0.3) is 0 Å². The maximum atomic E-state index is 12.5. The van der Waals surface area contributed by atoms with Gasteiger partial charge in [0.15, 0.2) is 0 Å². The number of fused-ring (bicyclic) bond motifs is 2. The second kappa shape index (κ2) is 7.67. The summed E-state index contributed by atoms with van der Waals surface area (Å²) < 4.78 is 0. The lowest BCUT2D eigenvalue weighted by Crippen LogP contribution is -2.49. The van der Waals surface area contributed by atoms with Crippen molar-refractivity contribution < 1.29 is 4.79 Å². The highest BCUT2D eigenvalue weighted by Crippen LogP contribution is 2.41. The van der Waals surface area contributed by atoms with Gasteiger partial charge in [-0.1, -0.05) is 30.2 Å². The third-order valence-corrected chi connectivity index (χ3v) is 5.73. The van der Waals surface area contributed by atoms with E-state index in [9.17, 15) is 4.79 Å². The van der Waals surface area contributed by atoms with Gasteiger partial charge in [0, 0.05) is 18.5 Å². The van der Waals surface area contributed by atoms with E-state index in [-0.39, 0.29) is 24.2 Å². The number of nitrogens with two attached hydrogens (primary N) is 1. The molecule has 2 aliphatic carbocycles. The molecule has 2 atom stereocenters. The Balaban J connectivity index is 0.00000192. The Morgan fingerprint density at radius 1 is 1.22 bits per heavy atom. The lowest BCUT2D eigenvalue weighted by Gasteiger charge is -2.43. The van der Waals surface area contributed by atoms with Gasteiger partial charge in [0.05, 0.1) is 0 Å². The molecule has 0 aliphatic heterocycles. The van der Waals surface area contributed by atoms with Crippen LogP contribution in [0.1, 0.15) is 48.8 Å². The van der Waals surface area contributed by atoms with Crippen LogP contribution in [0, 0.1) is 31.6 Å². The third kappa shape index (κ3) is 4.07. The molecule has 23 heavy (non-hydrogen) atoms. The highest BCUT2D eigenvalue weighted by atomic mass is 35.5. The smallest absolute Gasteiger partial charge is 0.223 e. The SMILES string of the molecule is Cc1ccc(CNC(=O)C2CC3CCCC(C2)C3N)c(C)c1.Cl. The fourth-order valence-electron chi connectivity index (χ4n) is 4.37. The highest BCUT2D eigenvalue weighted by Gasteiger charge is 2.40. The van der Waals surface area contributed by atoms with Crippen LogP contribution in [0.2, 0.25) is 0 Å². The minimum absolute atomic E-state index is 0. The average Bonchev–Trinajstić information content (AvgIpc) is 2.45. The number of nitrogens with one attached hydrogen (secondary N) is 1. The molecule has 2 fully saturated rings. The second-order valence-corrected chi connectivity index (χ2v) is 7.34. The molecule has 0 saturated heterocycles. The molecule has 128 valence electrons. The van der Waals surface area contributed by atoms with Gasteiger partial charge in [-0.3, -0.25) is 4.79 Å². The summed E-state index contributed by atoms with van der Waals surface area (Å²) in [5, 5.41) is 3.15. The molecule has 3 rings (SSSR count). The van der Waals surface area contributed by atoms with E-state index in [0.717, 1.165) is 12.8 Å². The van der Waals surface area contributed by atoms with Gasteiger partial charge in [-0.2, -0.15) is 0 Å². The fraction of sp³-hybridized carbons (Fsp3) is 0.632. The van der Waals surface area contributed by atoms with Gasteiger partial charge in [0.2, 0.25) is 5.91 Å². The van der Waals surface area contributed by atoms with Gasteiger partial charge in [-0.15, -0.1) is 12.4 Å². The third-order valence-electron chi connectivity index (χ3n) is 5.73. The molecule has 4 heteroatoms. The highest BCUT2D eigenvalue weighted by molar-refractivity contribution is 5.85. The van der Waals surface area contributed by atoms with Crippen molar-refractivity contribution in [3.05, 3.63) is 34.9 Å². The van der Waals surface area contributed by atoms with E-state index in [0.29, 0.717) is 24.4 Å². The number of benzene rings is 1. The summed E-state index contributed by atoms with van der Waals surface area (Å²) in [5.74, 6) is 1.51. The summed E-state index contributed by atoms with van der Waals surface area (Å²) >= 11 is 0. The quantitative estimate of drug-likeness (QED) is 0.887. The Hall–Kier alpha value is -1.06.